The van der Waals surface area contributed by atoms with Crippen LogP contribution in [-0.2, 0) is 11.8 Å². The molecule has 0 N–H and O–H groups in total. The van der Waals surface area contributed by atoms with Crippen LogP contribution in [0.3, 0.4) is 0 Å². The van der Waals surface area contributed by atoms with Crippen LogP contribution in [0.5, 0.6) is 0 Å². The first kappa shape index (κ1) is 28.6. The molecule has 2 heteroatoms. The van der Waals surface area contributed by atoms with Gasteiger partial charge >= 0.3 is 0 Å². The lowest BCUT2D eigenvalue weighted by Gasteiger charge is -2.35. The van der Waals surface area contributed by atoms with E-state index in [2.05, 4.69) is 188 Å². The molecule has 0 bridgehead atoms. The standard InChI is InChI=1S/C46H38N2/c1-31-28-45-40(39-19-11-13-21-43(39)48(45)34-16-8-5-9-17-34)30-44(31)47(35-24-22-33(23-25-35)32-14-6-4-7-15-32)36-26-27-38-37-18-10-12-20-41(37)46(2,3)42(38)29-36/h4-27,29-31H,28H2,1-3H3. The zero-order valence-corrected chi connectivity index (χ0v) is 27.7. The highest BCUT2D eigenvalue weighted by Crippen LogP contribution is 2.51. The number of hydrogen-bond acceptors (Lipinski definition) is 1. The van der Waals surface area contributed by atoms with Crippen molar-refractivity contribution in [1.82, 2.24) is 4.57 Å². The Balaban J connectivity index is 1.24. The molecule has 2 nitrogen and oxygen atoms in total. The molecule has 1 heterocycles. The smallest absolute Gasteiger partial charge is 0.0537 e. The molecule has 9 rings (SSSR count). The molecule has 1 unspecified atom stereocenters. The first-order chi connectivity index (χ1) is 23.5. The largest absolute Gasteiger partial charge is 0.314 e. The second-order valence-electron chi connectivity index (χ2n) is 13.9. The maximum absolute atomic E-state index is 2.52. The normalized spacial score (nSPS) is 15.8. The molecule has 6 aromatic carbocycles. The average Bonchev–Trinajstić information content (AvgIpc) is 3.57. The third-order valence-corrected chi connectivity index (χ3v) is 10.6. The van der Waals surface area contributed by atoms with Gasteiger partial charge in [-0.15, -0.1) is 0 Å². The van der Waals surface area contributed by atoms with Gasteiger partial charge in [0.25, 0.3) is 0 Å². The zero-order valence-electron chi connectivity index (χ0n) is 27.7. The van der Waals surface area contributed by atoms with E-state index in [1.54, 1.807) is 0 Å². The van der Waals surface area contributed by atoms with E-state index in [0.29, 0.717) is 0 Å². The topological polar surface area (TPSA) is 8.17 Å². The highest BCUT2D eigenvalue weighted by Gasteiger charge is 2.36. The van der Waals surface area contributed by atoms with Gasteiger partial charge in [-0.2, -0.15) is 0 Å². The number of benzene rings is 6. The number of allylic oxidation sites excluding steroid dienone is 1. The van der Waals surface area contributed by atoms with Crippen molar-refractivity contribution in [3.05, 3.63) is 180 Å². The summed E-state index contributed by atoms with van der Waals surface area (Å²) < 4.78 is 2.47. The summed E-state index contributed by atoms with van der Waals surface area (Å²) in [4.78, 5) is 2.52. The lowest BCUT2D eigenvalue weighted by atomic mass is 9.82. The third-order valence-electron chi connectivity index (χ3n) is 10.6. The Hall–Kier alpha value is -5.60. The summed E-state index contributed by atoms with van der Waals surface area (Å²) in [5.74, 6) is 0.288. The quantitative estimate of drug-likeness (QED) is 0.186. The number of rotatable bonds is 5. The molecule has 0 spiro atoms. The lowest BCUT2D eigenvalue weighted by molar-refractivity contribution is 0.637. The van der Waals surface area contributed by atoms with Crippen molar-refractivity contribution in [2.24, 2.45) is 5.92 Å². The predicted molar refractivity (Wildman–Crippen MR) is 202 cm³/mol. The minimum Gasteiger partial charge on any atom is -0.314 e. The van der Waals surface area contributed by atoms with Crippen molar-refractivity contribution in [1.29, 1.82) is 0 Å². The Morgan fingerprint density at radius 1 is 0.604 bits per heavy atom. The summed E-state index contributed by atoms with van der Waals surface area (Å²) >= 11 is 0. The van der Waals surface area contributed by atoms with Crippen LogP contribution in [0.2, 0.25) is 0 Å². The Morgan fingerprint density at radius 3 is 2.02 bits per heavy atom. The first-order valence-corrected chi connectivity index (χ1v) is 17.1. The Morgan fingerprint density at radius 2 is 1.23 bits per heavy atom. The molecule has 1 atom stereocenters. The molecule has 232 valence electrons. The predicted octanol–water partition coefficient (Wildman–Crippen LogP) is 12.0. The van der Waals surface area contributed by atoms with Gasteiger partial charge in [-0.25, -0.2) is 0 Å². The summed E-state index contributed by atoms with van der Waals surface area (Å²) in [5.41, 5.74) is 16.7. The molecule has 0 aliphatic heterocycles. The minimum absolute atomic E-state index is 0.0758. The second-order valence-corrected chi connectivity index (χ2v) is 13.9. The van der Waals surface area contributed by atoms with Gasteiger partial charge in [0.1, 0.15) is 0 Å². The van der Waals surface area contributed by atoms with Crippen LogP contribution in [0.4, 0.5) is 11.4 Å². The molecule has 2 aliphatic rings. The number of fused-ring (bicyclic) bond motifs is 6. The van der Waals surface area contributed by atoms with E-state index in [1.165, 1.54) is 78.3 Å². The van der Waals surface area contributed by atoms with Gasteiger partial charge in [-0.05, 0) is 88.3 Å². The van der Waals surface area contributed by atoms with Gasteiger partial charge in [-0.3, -0.25) is 0 Å². The Kier molecular flexibility index (Phi) is 6.55. The first-order valence-electron chi connectivity index (χ1n) is 17.1. The van der Waals surface area contributed by atoms with Gasteiger partial charge in [0.15, 0.2) is 0 Å². The van der Waals surface area contributed by atoms with Gasteiger partial charge in [0.05, 0.1) is 5.52 Å². The van der Waals surface area contributed by atoms with E-state index >= 15 is 0 Å². The van der Waals surface area contributed by atoms with Gasteiger partial charge in [-0.1, -0.05) is 130 Å². The SMILES string of the molecule is CC1Cc2c(c3ccccc3n2-c2ccccc2)C=C1N(c1ccc(-c2ccccc2)cc1)c1ccc2c(c1)C(C)(C)c1ccccc1-2. The fourth-order valence-electron chi connectivity index (χ4n) is 8.23. The van der Waals surface area contributed by atoms with Crippen LogP contribution in [0.1, 0.15) is 43.2 Å². The fraction of sp³-hybridized carbons (Fsp3) is 0.130. The monoisotopic (exact) mass is 618 g/mol. The van der Waals surface area contributed by atoms with Crippen molar-refractivity contribution in [3.8, 4) is 27.9 Å². The summed E-state index contributed by atoms with van der Waals surface area (Å²) in [6.45, 7) is 7.13. The molecule has 0 radical (unpaired) electrons. The maximum atomic E-state index is 2.52. The molecule has 2 aliphatic carbocycles. The molecule has 0 saturated heterocycles. The number of anilines is 2. The van der Waals surface area contributed by atoms with E-state index in [9.17, 15) is 0 Å². The summed E-state index contributed by atoms with van der Waals surface area (Å²) in [7, 11) is 0. The van der Waals surface area contributed by atoms with Crippen LogP contribution in [-0.4, -0.2) is 4.57 Å². The highest BCUT2D eigenvalue weighted by atomic mass is 15.2. The molecular formula is C46H38N2. The van der Waals surface area contributed by atoms with Gasteiger partial charge in [0.2, 0.25) is 0 Å². The minimum atomic E-state index is -0.0758. The maximum Gasteiger partial charge on any atom is 0.0537 e. The van der Waals surface area contributed by atoms with Crippen LogP contribution in [0.15, 0.2) is 157 Å². The molecule has 0 amide bonds. The van der Waals surface area contributed by atoms with Crippen molar-refractivity contribution < 1.29 is 0 Å². The van der Waals surface area contributed by atoms with Crippen molar-refractivity contribution in [2.45, 2.75) is 32.6 Å². The Labute approximate surface area is 283 Å². The second kappa shape index (κ2) is 11.0. The Bertz CT molecular complexity index is 2340. The third kappa shape index (κ3) is 4.40. The van der Waals surface area contributed by atoms with Crippen LogP contribution in [0, 0.1) is 5.92 Å². The van der Waals surface area contributed by atoms with E-state index in [-0.39, 0.29) is 11.3 Å². The molecule has 48 heavy (non-hydrogen) atoms. The average molecular weight is 619 g/mol. The fourth-order valence-corrected chi connectivity index (χ4v) is 8.23. The van der Waals surface area contributed by atoms with Crippen LogP contribution < -0.4 is 4.90 Å². The lowest BCUT2D eigenvalue weighted by Crippen LogP contribution is -2.26. The van der Waals surface area contributed by atoms with E-state index in [1.807, 2.05) is 0 Å². The van der Waals surface area contributed by atoms with Crippen LogP contribution >= 0.6 is 0 Å². The van der Waals surface area contributed by atoms with Crippen LogP contribution in [0.25, 0.3) is 44.9 Å². The number of para-hydroxylation sites is 2. The summed E-state index contributed by atoms with van der Waals surface area (Å²) in [5, 5.41) is 1.30. The van der Waals surface area contributed by atoms with Crippen molar-refractivity contribution >= 4 is 28.4 Å². The number of aromatic nitrogens is 1. The molecular weight excluding hydrogens is 581 g/mol. The highest BCUT2D eigenvalue weighted by molar-refractivity contribution is 5.95. The molecule has 0 fully saturated rings. The number of hydrogen-bond donors (Lipinski definition) is 0. The van der Waals surface area contributed by atoms with E-state index in [4.69, 9.17) is 0 Å². The zero-order chi connectivity index (χ0) is 32.4. The molecule has 0 saturated carbocycles. The van der Waals surface area contributed by atoms with Gasteiger partial charge < -0.3 is 9.47 Å². The number of nitrogens with zero attached hydrogens (tertiary/aromatic N) is 2. The van der Waals surface area contributed by atoms with Crippen molar-refractivity contribution in [2.75, 3.05) is 4.90 Å². The summed E-state index contributed by atoms with van der Waals surface area (Å²) in [6, 6.07) is 55.5. The molecule has 1 aromatic heterocycles. The van der Waals surface area contributed by atoms with E-state index < -0.39 is 0 Å². The van der Waals surface area contributed by atoms with E-state index in [0.717, 1.165) is 6.42 Å². The van der Waals surface area contributed by atoms with Gasteiger partial charge in [0, 0.05) is 50.7 Å². The molecule has 7 aromatic rings. The van der Waals surface area contributed by atoms with Crippen molar-refractivity contribution in [3.63, 3.8) is 0 Å². The summed E-state index contributed by atoms with van der Waals surface area (Å²) in [6.07, 6.45) is 3.43.